The molecule has 1 aromatic heterocycles. The summed E-state index contributed by atoms with van der Waals surface area (Å²) in [6, 6.07) is 9.65. The van der Waals surface area contributed by atoms with Crippen molar-refractivity contribution in [3.63, 3.8) is 0 Å². The number of rotatable bonds is 1. The number of aryl methyl sites for hydroxylation is 2. The third-order valence-electron chi connectivity index (χ3n) is 4.48. The Morgan fingerprint density at radius 2 is 1.88 bits per heavy atom. The van der Waals surface area contributed by atoms with Gasteiger partial charge in [-0.05, 0) is 19.4 Å². The average Bonchev–Trinajstić information content (AvgIpc) is 2.62. The number of hydrogen-bond donors (Lipinski definition) is 1. The van der Waals surface area contributed by atoms with Crippen LogP contribution in [0.15, 0.2) is 40.1 Å². The second-order valence-electron chi connectivity index (χ2n) is 6.39. The molecule has 1 atom stereocenters. The van der Waals surface area contributed by atoms with Crippen LogP contribution in [0.5, 0.6) is 0 Å². The molecule has 0 bridgehead atoms. The molecule has 0 amide bonds. The van der Waals surface area contributed by atoms with Gasteiger partial charge in [0.2, 0.25) is 11.9 Å². The zero-order valence-corrected chi connectivity index (χ0v) is 14.4. The van der Waals surface area contributed by atoms with Gasteiger partial charge in [0.25, 0.3) is 5.56 Å². The van der Waals surface area contributed by atoms with E-state index in [1.807, 2.05) is 38.1 Å². The molecule has 2 aliphatic heterocycles. The van der Waals surface area contributed by atoms with Gasteiger partial charge in [0.15, 0.2) is 6.17 Å². The number of fused-ring (bicyclic) bond motifs is 1. The third-order valence-corrected chi connectivity index (χ3v) is 4.48. The van der Waals surface area contributed by atoms with E-state index in [-0.39, 0.29) is 5.56 Å². The molecule has 7 heteroatoms. The van der Waals surface area contributed by atoms with E-state index in [2.05, 4.69) is 15.2 Å². The predicted octanol–water partition coefficient (Wildman–Crippen LogP) is 1.52. The van der Waals surface area contributed by atoms with E-state index < -0.39 is 6.17 Å². The van der Waals surface area contributed by atoms with Crippen molar-refractivity contribution in [3.05, 3.63) is 57.5 Å². The molecular formula is C18H21N5O2. The molecule has 0 saturated carbocycles. The molecule has 2 aliphatic rings. The van der Waals surface area contributed by atoms with Crippen LogP contribution < -0.4 is 10.9 Å². The van der Waals surface area contributed by atoms with Crippen LogP contribution in [0.25, 0.3) is 0 Å². The van der Waals surface area contributed by atoms with Crippen molar-refractivity contribution < 1.29 is 4.74 Å². The molecule has 1 fully saturated rings. The smallest absolute Gasteiger partial charge is 0.257 e. The van der Waals surface area contributed by atoms with Crippen LogP contribution >= 0.6 is 0 Å². The van der Waals surface area contributed by atoms with Crippen molar-refractivity contribution in [3.8, 4) is 0 Å². The van der Waals surface area contributed by atoms with Crippen LogP contribution in [0.3, 0.4) is 0 Å². The second kappa shape index (κ2) is 6.33. The molecule has 4 rings (SSSR count). The number of aromatic nitrogens is 2. The van der Waals surface area contributed by atoms with Gasteiger partial charge < -0.3 is 9.64 Å². The van der Waals surface area contributed by atoms with Crippen LogP contribution in [0.2, 0.25) is 0 Å². The van der Waals surface area contributed by atoms with Gasteiger partial charge in [-0.3, -0.25) is 14.7 Å². The Labute approximate surface area is 146 Å². The summed E-state index contributed by atoms with van der Waals surface area (Å²) in [6.07, 6.45) is -0.421. The quantitative estimate of drug-likeness (QED) is 0.853. The summed E-state index contributed by atoms with van der Waals surface area (Å²) in [5.74, 6) is 1.28. The highest BCUT2D eigenvalue weighted by Crippen LogP contribution is 2.26. The number of aliphatic imine (C=N–C) groups is 1. The maximum absolute atomic E-state index is 12.6. The minimum Gasteiger partial charge on any atom is -0.378 e. The van der Waals surface area contributed by atoms with E-state index in [9.17, 15) is 4.79 Å². The fourth-order valence-electron chi connectivity index (χ4n) is 3.13. The molecule has 1 unspecified atom stereocenters. The molecule has 1 saturated heterocycles. The van der Waals surface area contributed by atoms with Crippen molar-refractivity contribution in [2.75, 3.05) is 31.6 Å². The van der Waals surface area contributed by atoms with Crippen molar-refractivity contribution >= 4 is 11.9 Å². The lowest BCUT2D eigenvalue weighted by molar-refractivity contribution is 0.0675. The Hall–Kier alpha value is -2.67. The highest BCUT2D eigenvalue weighted by atomic mass is 16.5. The van der Waals surface area contributed by atoms with Crippen LogP contribution in [-0.2, 0) is 4.74 Å². The standard InChI is InChI=1S/C18H21N5O2/c1-12-3-5-14(6-4-12)16-20-17(22-7-9-25-10-8-22)21-18-19-13(2)11-15(24)23(16)18/h3-6,11,16H,7-10H2,1-2H3,(H,19,20,21). The van der Waals surface area contributed by atoms with E-state index in [1.165, 1.54) is 5.56 Å². The first kappa shape index (κ1) is 15.8. The summed E-state index contributed by atoms with van der Waals surface area (Å²) in [4.78, 5) is 24.1. The van der Waals surface area contributed by atoms with E-state index in [1.54, 1.807) is 10.6 Å². The number of hydrogen-bond acceptors (Lipinski definition) is 6. The zero-order chi connectivity index (χ0) is 17.4. The average molecular weight is 339 g/mol. The highest BCUT2D eigenvalue weighted by Gasteiger charge is 2.28. The van der Waals surface area contributed by atoms with Gasteiger partial charge in [0, 0.05) is 24.8 Å². The van der Waals surface area contributed by atoms with Crippen LogP contribution in [0, 0.1) is 13.8 Å². The summed E-state index contributed by atoms with van der Waals surface area (Å²) >= 11 is 0. The number of ether oxygens (including phenoxy) is 1. The van der Waals surface area contributed by atoms with Gasteiger partial charge in [-0.2, -0.15) is 0 Å². The number of nitrogens with one attached hydrogen (secondary N) is 1. The third kappa shape index (κ3) is 3.02. The minimum absolute atomic E-state index is 0.106. The highest BCUT2D eigenvalue weighted by molar-refractivity contribution is 5.93. The molecular weight excluding hydrogens is 318 g/mol. The summed E-state index contributed by atoms with van der Waals surface area (Å²) in [5, 5.41) is 3.23. The van der Waals surface area contributed by atoms with Gasteiger partial charge in [-0.25, -0.2) is 9.98 Å². The van der Waals surface area contributed by atoms with Crippen LogP contribution in [0.1, 0.15) is 23.0 Å². The monoisotopic (exact) mass is 339 g/mol. The Kier molecular flexibility index (Phi) is 4.01. The van der Waals surface area contributed by atoms with Crippen LogP contribution in [-0.4, -0.2) is 46.7 Å². The molecule has 0 spiro atoms. The normalized spacial score (nSPS) is 19.8. The zero-order valence-electron chi connectivity index (χ0n) is 14.4. The maximum atomic E-state index is 12.6. The first-order valence-corrected chi connectivity index (χ1v) is 8.46. The number of anilines is 1. The summed E-state index contributed by atoms with van der Waals surface area (Å²) < 4.78 is 7.04. The number of benzene rings is 1. The summed E-state index contributed by atoms with van der Waals surface area (Å²) in [6.45, 7) is 6.74. The van der Waals surface area contributed by atoms with Gasteiger partial charge >= 0.3 is 0 Å². The van der Waals surface area contributed by atoms with E-state index in [4.69, 9.17) is 9.73 Å². The van der Waals surface area contributed by atoms with E-state index in [0.717, 1.165) is 24.6 Å². The fourth-order valence-corrected chi connectivity index (χ4v) is 3.13. The number of guanidine groups is 1. The van der Waals surface area contributed by atoms with Gasteiger partial charge in [-0.1, -0.05) is 29.8 Å². The lowest BCUT2D eigenvalue weighted by Crippen LogP contribution is -2.47. The molecule has 3 heterocycles. The molecule has 7 nitrogen and oxygen atoms in total. The Morgan fingerprint density at radius 3 is 2.60 bits per heavy atom. The molecule has 1 aromatic carbocycles. The van der Waals surface area contributed by atoms with Gasteiger partial charge in [0.1, 0.15) is 0 Å². The summed E-state index contributed by atoms with van der Waals surface area (Å²) in [7, 11) is 0. The maximum Gasteiger partial charge on any atom is 0.257 e. The van der Waals surface area contributed by atoms with Crippen LogP contribution in [0.4, 0.5) is 5.95 Å². The molecule has 0 radical (unpaired) electrons. The molecule has 130 valence electrons. The lowest BCUT2D eigenvalue weighted by atomic mass is 10.1. The van der Waals surface area contributed by atoms with Gasteiger partial charge in [-0.15, -0.1) is 0 Å². The molecule has 0 aliphatic carbocycles. The topological polar surface area (TPSA) is 71.8 Å². The van der Waals surface area contributed by atoms with Crippen molar-refractivity contribution in [1.82, 2.24) is 14.5 Å². The summed E-state index contributed by atoms with van der Waals surface area (Å²) in [5.41, 5.74) is 2.72. The predicted molar refractivity (Wildman–Crippen MR) is 96.0 cm³/mol. The minimum atomic E-state index is -0.421. The molecule has 25 heavy (non-hydrogen) atoms. The van der Waals surface area contributed by atoms with E-state index in [0.29, 0.717) is 24.9 Å². The van der Waals surface area contributed by atoms with E-state index >= 15 is 0 Å². The van der Waals surface area contributed by atoms with Crippen molar-refractivity contribution in [1.29, 1.82) is 0 Å². The lowest BCUT2D eigenvalue weighted by Gasteiger charge is -2.34. The molecule has 1 N–H and O–H groups in total. The number of morpholine rings is 1. The molecule has 2 aromatic rings. The SMILES string of the molecule is Cc1ccc(C2N=C(N3CCOCC3)Nc3nc(C)cc(=O)n32)cc1. The van der Waals surface area contributed by atoms with Gasteiger partial charge in [0.05, 0.1) is 13.2 Å². The van der Waals surface area contributed by atoms with Crippen molar-refractivity contribution in [2.45, 2.75) is 20.0 Å². The Bertz CT molecular complexity index is 866. The number of nitrogens with zero attached hydrogens (tertiary/aromatic N) is 4. The second-order valence-corrected chi connectivity index (χ2v) is 6.39. The Balaban J connectivity index is 1.82. The Morgan fingerprint density at radius 1 is 1.16 bits per heavy atom. The fraction of sp³-hybridized carbons (Fsp3) is 0.389. The first-order chi connectivity index (χ1) is 12.1. The largest absolute Gasteiger partial charge is 0.378 e. The van der Waals surface area contributed by atoms with Crippen molar-refractivity contribution in [2.24, 2.45) is 4.99 Å². The first-order valence-electron chi connectivity index (χ1n) is 8.46.